The predicted molar refractivity (Wildman–Crippen MR) is 132 cm³/mol. The molecule has 0 spiro atoms. The van der Waals surface area contributed by atoms with Gasteiger partial charge in [0.05, 0.1) is 11.3 Å². The van der Waals surface area contributed by atoms with E-state index in [-0.39, 0.29) is 5.69 Å². The van der Waals surface area contributed by atoms with E-state index in [9.17, 15) is 14.0 Å². The van der Waals surface area contributed by atoms with E-state index < -0.39 is 17.6 Å². The van der Waals surface area contributed by atoms with Crippen LogP contribution in [0.4, 0.5) is 15.8 Å². The Labute approximate surface area is 198 Å². The van der Waals surface area contributed by atoms with Gasteiger partial charge in [-0.25, -0.2) is 9.29 Å². The van der Waals surface area contributed by atoms with Crippen LogP contribution in [0, 0.1) is 19.7 Å². The van der Waals surface area contributed by atoms with E-state index in [0.29, 0.717) is 29.9 Å². The van der Waals surface area contributed by atoms with E-state index in [4.69, 9.17) is 0 Å². The lowest BCUT2D eigenvalue weighted by Gasteiger charge is -2.37. The second kappa shape index (κ2) is 8.78. The number of anilines is 2. The van der Waals surface area contributed by atoms with Crippen LogP contribution in [0.1, 0.15) is 16.7 Å². The van der Waals surface area contributed by atoms with Crippen molar-refractivity contribution in [2.45, 2.75) is 13.8 Å². The number of hydrogen-bond acceptors (Lipinski definition) is 4. The van der Waals surface area contributed by atoms with Crippen LogP contribution in [0.5, 0.6) is 0 Å². The third-order valence-electron chi connectivity index (χ3n) is 6.43. The summed E-state index contributed by atoms with van der Waals surface area (Å²) < 4.78 is 13.9. The predicted octanol–water partition coefficient (Wildman–Crippen LogP) is 4.55. The topological polar surface area (TPSA) is 43.9 Å². The minimum atomic E-state index is -0.491. The smallest absolute Gasteiger partial charge is 0.282 e. The third-order valence-corrected chi connectivity index (χ3v) is 6.43. The molecule has 0 N–H and O–H groups in total. The minimum absolute atomic E-state index is 0.244. The summed E-state index contributed by atoms with van der Waals surface area (Å²) in [4.78, 5) is 32.6. The number of benzene rings is 3. The number of imide groups is 1. The lowest BCUT2D eigenvalue weighted by Crippen LogP contribution is -2.47. The summed E-state index contributed by atoms with van der Waals surface area (Å²) in [7, 11) is 0. The molecule has 3 aromatic carbocycles. The molecule has 0 aromatic heterocycles. The van der Waals surface area contributed by atoms with Crippen molar-refractivity contribution in [2.75, 3.05) is 36.0 Å². The maximum Gasteiger partial charge on any atom is 0.282 e. The van der Waals surface area contributed by atoms with E-state index in [1.54, 1.807) is 6.07 Å². The van der Waals surface area contributed by atoms with E-state index >= 15 is 0 Å². The van der Waals surface area contributed by atoms with E-state index in [2.05, 4.69) is 30.0 Å². The molecule has 5 nitrogen and oxygen atoms in total. The van der Waals surface area contributed by atoms with E-state index in [1.807, 2.05) is 42.2 Å². The summed E-state index contributed by atoms with van der Waals surface area (Å²) in [6.07, 6.45) is 0. The number of halogens is 1. The molecule has 0 unspecified atom stereocenters. The summed E-state index contributed by atoms with van der Waals surface area (Å²) in [5.41, 5.74) is 5.12. The molecule has 0 atom stereocenters. The van der Waals surface area contributed by atoms with Gasteiger partial charge in [-0.3, -0.25) is 9.59 Å². The number of hydrogen-bond donors (Lipinski definition) is 0. The number of piperazine rings is 1. The van der Waals surface area contributed by atoms with Crippen molar-refractivity contribution in [1.82, 2.24) is 4.90 Å². The Hall–Kier alpha value is -3.93. The maximum atomic E-state index is 13.9. The van der Waals surface area contributed by atoms with Crippen molar-refractivity contribution in [3.8, 4) is 0 Å². The average molecular weight is 456 g/mol. The zero-order valence-corrected chi connectivity index (χ0v) is 19.3. The quantitative estimate of drug-likeness (QED) is 0.542. The molecule has 0 radical (unpaired) electrons. The van der Waals surface area contributed by atoms with Crippen molar-refractivity contribution in [3.05, 3.63) is 101 Å². The Balaban J connectivity index is 1.50. The highest BCUT2D eigenvalue weighted by atomic mass is 19.1. The molecule has 6 heteroatoms. The molecule has 172 valence electrons. The van der Waals surface area contributed by atoms with Crippen molar-refractivity contribution in [2.24, 2.45) is 0 Å². The molecule has 1 saturated heterocycles. The Morgan fingerprint density at radius 3 is 2.00 bits per heavy atom. The highest BCUT2D eigenvalue weighted by Crippen LogP contribution is 2.35. The van der Waals surface area contributed by atoms with E-state index in [1.165, 1.54) is 23.8 Å². The van der Waals surface area contributed by atoms with Crippen LogP contribution in [0.25, 0.3) is 5.57 Å². The summed E-state index contributed by atoms with van der Waals surface area (Å²) >= 11 is 0. The molecule has 2 aliphatic rings. The van der Waals surface area contributed by atoms with Gasteiger partial charge in [0, 0.05) is 31.9 Å². The minimum Gasteiger partial charge on any atom is -0.368 e. The van der Waals surface area contributed by atoms with Crippen molar-refractivity contribution >= 4 is 28.8 Å². The fourth-order valence-corrected chi connectivity index (χ4v) is 4.65. The maximum absolute atomic E-state index is 13.9. The summed E-state index contributed by atoms with van der Waals surface area (Å²) in [5, 5.41) is 0. The fourth-order valence-electron chi connectivity index (χ4n) is 4.65. The first-order valence-corrected chi connectivity index (χ1v) is 11.4. The first-order valence-electron chi connectivity index (χ1n) is 11.4. The Morgan fingerprint density at radius 2 is 1.32 bits per heavy atom. The highest BCUT2D eigenvalue weighted by Gasteiger charge is 2.43. The van der Waals surface area contributed by atoms with Gasteiger partial charge in [0.1, 0.15) is 11.5 Å². The second-order valence-corrected chi connectivity index (χ2v) is 8.83. The van der Waals surface area contributed by atoms with Gasteiger partial charge in [0.15, 0.2) is 0 Å². The van der Waals surface area contributed by atoms with Crippen molar-refractivity contribution < 1.29 is 14.0 Å². The van der Waals surface area contributed by atoms with Crippen LogP contribution < -0.4 is 9.80 Å². The number of aryl methyl sites for hydroxylation is 2. The largest absolute Gasteiger partial charge is 0.368 e. The number of rotatable bonds is 4. The molecular formula is C28H26FN3O2. The molecule has 34 heavy (non-hydrogen) atoms. The zero-order chi connectivity index (χ0) is 23.8. The summed E-state index contributed by atoms with van der Waals surface area (Å²) in [5.74, 6) is -1.32. The lowest BCUT2D eigenvalue weighted by molar-refractivity contribution is -0.120. The molecule has 3 aromatic rings. The Kier molecular flexibility index (Phi) is 5.65. The van der Waals surface area contributed by atoms with Crippen LogP contribution in [-0.2, 0) is 9.59 Å². The number of nitrogens with zero attached hydrogens (tertiary/aromatic N) is 3. The first-order chi connectivity index (χ1) is 16.4. The van der Waals surface area contributed by atoms with Gasteiger partial charge in [-0.1, -0.05) is 48.0 Å². The summed E-state index contributed by atoms with van der Waals surface area (Å²) in [6.45, 7) is 6.72. The van der Waals surface area contributed by atoms with Gasteiger partial charge in [-0.2, -0.15) is 0 Å². The van der Waals surface area contributed by atoms with Crippen LogP contribution >= 0.6 is 0 Å². The van der Waals surface area contributed by atoms with Gasteiger partial charge in [-0.15, -0.1) is 0 Å². The van der Waals surface area contributed by atoms with Crippen LogP contribution in [0.3, 0.4) is 0 Å². The van der Waals surface area contributed by atoms with Gasteiger partial charge >= 0.3 is 0 Å². The normalized spacial score (nSPS) is 16.6. The molecule has 0 saturated carbocycles. The Bertz CT molecular complexity index is 1290. The highest BCUT2D eigenvalue weighted by molar-refractivity contribution is 6.45. The van der Waals surface area contributed by atoms with Crippen LogP contribution in [-0.4, -0.2) is 42.9 Å². The zero-order valence-electron chi connectivity index (χ0n) is 19.3. The lowest BCUT2D eigenvalue weighted by atomic mass is 10.0. The van der Waals surface area contributed by atoms with Crippen LogP contribution in [0.2, 0.25) is 0 Å². The molecule has 0 aliphatic carbocycles. The van der Waals surface area contributed by atoms with Gasteiger partial charge < -0.3 is 9.80 Å². The number of carbonyl (C=O) groups is 2. The van der Waals surface area contributed by atoms with E-state index in [0.717, 1.165) is 29.2 Å². The first kappa shape index (κ1) is 21.9. The molecule has 5 rings (SSSR count). The third kappa shape index (κ3) is 3.96. The van der Waals surface area contributed by atoms with Crippen molar-refractivity contribution in [3.63, 3.8) is 0 Å². The van der Waals surface area contributed by atoms with Gasteiger partial charge in [0.25, 0.3) is 11.8 Å². The van der Waals surface area contributed by atoms with Gasteiger partial charge in [0.2, 0.25) is 0 Å². The summed E-state index contributed by atoms with van der Waals surface area (Å²) in [6, 6.07) is 21.6. The van der Waals surface area contributed by atoms with Crippen LogP contribution in [0.15, 0.2) is 78.5 Å². The molecule has 2 amide bonds. The number of carbonyl (C=O) groups excluding carboxylic acids is 2. The fraction of sp³-hybridized carbons (Fsp3) is 0.214. The monoisotopic (exact) mass is 455 g/mol. The Morgan fingerprint density at radius 1 is 0.676 bits per heavy atom. The number of amides is 2. The standard InChI is InChI=1S/C28H26FN3O2/c1-19-9-11-21(12-10-19)25-26(28(34)32(27(25)33)24-8-4-6-22(29)18-24)31-15-13-30(14-16-31)23-7-3-5-20(2)17-23/h3-12,17-18H,13-16H2,1-2H3. The molecular weight excluding hydrogens is 429 g/mol. The van der Waals surface area contributed by atoms with Gasteiger partial charge in [-0.05, 0) is 55.3 Å². The molecule has 2 aliphatic heterocycles. The SMILES string of the molecule is Cc1ccc(C2=C(N3CCN(c4cccc(C)c4)CC3)C(=O)N(c3cccc(F)c3)C2=O)cc1. The molecule has 2 heterocycles. The molecule has 0 bridgehead atoms. The average Bonchev–Trinajstić information content (AvgIpc) is 3.09. The van der Waals surface area contributed by atoms with Crippen molar-refractivity contribution in [1.29, 1.82) is 0 Å². The second-order valence-electron chi connectivity index (χ2n) is 8.83. The molecule has 1 fully saturated rings.